The molecule has 0 saturated carbocycles. The summed E-state index contributed by atoms with van der Waals surface area (Å²) in [5, 5.41) is 2.94. The van der Waals surface area contributed by atoms with E-state index in [0.29, 0.717) is 6.17 Å². The van der Waals surface area contributed by atoms with Crippen molar-refractivity contribution in [3.05, 3.63) is 7.05 Å². The minimum atomic E-state index is 0.403. The van der Waals surface area contributed by atoms with Crippen LogP contribution in [0.2, 0.25) is 0 Å². The molecule has 1 unspecified atom stereocenters. The molecule has 0 amide bonds. The molecule has 0 aliphatic carbocycles. The van der Waals surface area contributed by atoms with Crippen LogP contribution in [0.3, 0.4) is 0 Å². The fraction of sp³-hybridized carbons (Fsp3) is 0.857. The van der Waals surface area contributed by atoms with Gasteiger partial charge in [-0.15, -0.1) is 0 Å². The summed E-state index contributed by atoms with van der Waals surface area (Å²) in [5.41, 5.74) is 0. The predicted octanol–water partition coefficient (Wildman–Crippen LogP) is 1.06. The Morgan fingerprint density at radius 2 is 1.89 bits per heavy atom. The Labute approximate surface area is 58.2 Å². The van der Waals surface area contributed by atoms with Gasteiger partial charge in [-0.3, -0.25) is 4.90 Å². The summed E-state index contributed by atoms with van der Waals surface area (Å²) < 4.78 is 0. The zero-order chi connectivity index (χ0) is 7.28. The standard InChI is InChI=1S/C7H17N2/c1-5-9(6-2)7(3)8-4/h7-8H,4-6H2,1-3H3. The first-order valence-electron chi connectivity index (χ1n) is 3.52. The first kappa shape index (κ1) is 8.92. The molecule has 0 aromatic carbocycles. The fourth-order valence-corrected chi connectivity index (χ4v) is 0.900. The summed E-state index contributed by atoms with van der Waals surface area (Å²) in [6, 6.07) is 0. The first-order valence-corrected chi connectivity index (χ1v) is 3.52. The van der Waals surface area contributed by atoms with E-state index in [2.05, 4.69) is 38.0 Å². The van der Waals surface area contributed by atoms with Gasteiger partial charge in [0.1, 0.15) is 0 Å². The van der Waals surface area contributed by atoms with Crippen LogP contribution in [-0.4, -0.2) is 24.2 Å². The second-order valence-corrected chi connectivity index (χ2v) is 2.10. The Bertz CT molecular complexity index is 59.9. The van der Waals surface area contributed by atoms with Gasteiger partial charge in [-0.25, -0.2) is 0 Å². The molecule has 0 fully saturated rings. The number of nitrogens with one attached hydrogen (secondary N) is 1. The lowest BCUT2D eigenvalue weighted by atomic mass is 10.4. The number of hydrogen-bond acceptors (Lipinski definition) is 2. The minimum Gasteiger partial charge on any atom is -0.301 e. The van der Waals surface area contributed by atoms with E-state index in [4.69, 9.17) is 0 Å². The van der Waals surface area contributed by atoms with Crippen LogP contribution in [-0.2, 0) is 0 Å². The average molecular weight is 129 g/mol. The number of hydrogen-bond donors (Lipinski definition) is 1. The highest BCUT2D eigenvalue weighted by Gasteiger charge is 2.04. The van der Waals surface area contributed by atoms with Crippen LogP contribution in [0, 0.1) is 7.05 Å². The Hall–Kier alpha value is -0.0800. The van der Waals surface area contributed by atoms with E-state index in [1.807, 2.05) is 0 Å². The van der Waals surface area contributed by atoms with E-state index in [1.165, 1.54) is 0 Å². The molecule has 2 nitrogen and oxygen atoms in total. The summed E-state index contributed by atoms with van der Waals surface area (Å²) in [6.07, 6.45) is 0.403. The van der Waals surface area contributed by atoms with E-state index >= 15 is 0 Å². The van der Waals surface area contributed by atoms with E-state index in [0.717, 1.165) is 13.1 Å². The summed E-state index contributed by atoms with van der Waals surface area (Å²) in [5.74, 6) is 0. The van der Waals surface area contributed by atoms with Gasteiger partial charge in [-0.05, 0) is 20.0 Å². The Morgan fingerprint density at radius 1 is 1.44 bits per heavy atom. The van der Waals surface area contributed by atoms with E-state index in [-0.39, 0.29) is 0 Å². The Balaban J connectivity index is 3.50. The zero-order valence-corrected chi connectivity index (χ0v) is 6.65. The highest BCUT2D eigenvalue weighted by Crippen LogP contribution is 1.92. The molecule has 0 aromatic rings. The monoisotopic (exact) mass is 129 g/mol. The second-order valence-electron chi connectivity index (χ2n) is 2.10. The van der Waals surface area contributed by atoms with Crippen molar-refractivity contribution in [1.82, 2.24) is 10.2 Å². The van der Waals surface area contributed by atoms with Gasteiger partial charge >= 0.3 is 0 Å². The fourth-order valence-electron chi connectivity index (χ4n) is 0.900. The van der Waals surface area contributed by atoms with Gasteiger partial charge in [-0.2, -0.15) is 0 Å². The lowest BCUT2D eigenvalue weighted by Gasteiger charge is -2.25. The van der Waals surface area contributed by atoms with Gasteiger partial charge in [0.15, 0.2) is 0 Å². The molecule has 0 aliphatic heterocycles. The molecule has 0 bridgehead atoms. The van der Waals surface area contributed by atoms with Crippen molar-refractivity contribution in [1.29, 1.82) is 0 Å². The quantitative estimate of drug-likeness (QED) is 0.571. The van der Waals surface area contributed by atoms with E-state index in [1.54, 1.807) is 0 Å². The zero-order valence-electron chi connectivity index (χ0n) is 6.65. The average Bonchev–Trinajstić information content (AvgIpc) is 1.90. The van der Waals surface area contributed by atoms with Crippen molar-refractivity contribution in [2.75, 3.05) is 13.1 Å². The molecule has 1 atom stereocenters. The van der Waals surface area contributed by atoms with Crippen molar-refractivity contribution < 1.29 is 0 Å². The lowest BCUT2D eigenvalue weighted by molar-refractivity contribution is 0.211. The third-order valence-electron chi connectivity index (χ3n) is 1.66. The summed E-state index contributed by atoms with van der Waals surface area (Å²) in [7, 11) is 3.61. The van der Waals surface area contributed by atoms with Crippen molar-refractivity contribution in [2.45, 2.75) is 26.9 Å². The van der Waals surface area contributed by atoms with Crippen LogP contribution in [0.1, 0.15) is 20.8 Å². The maximum Gasteiger partial charge on any atom is 0.0568 e. The number of rotatable bonds is 4. The minimum absolute atomic E-state index is 0.403. The molecule has 9 heavy (non-hydrogen) atoms. The predicted molar refractivity (Wildman–Crippen MR) is 40.9 cm³/mol. The van der Waals surface area contributed by atoms with Crippen molar-refractivity contribution in [3.8, 4) is 0 Å². The Kier molecular flexibility index (Phi) is 4.72. The highest BCUT2D eigenvalue weighted by atomic mass is 15.2. The molecule has 0 saturated heterocycles. The van der Waals surface area contributed by atoms with Crippen molar-refractivity contribution in [2.24, 2.45) is 0 Å². The smallest absolute Gasteiger partial charge is 0.0568 e. The normalized spacial score (nSPS) is 14.3. The summed E-state index contributed by atoms with van der Waals surface area (Å²) in [4.78, 5) is 2.30. The third kappa shape index (κ3) is 2.82. The van der Waals surface area contributed by atoms with Crippen LogP contribution in [0.5, 0.6) is 0 Å². The second kappa shape index (κ2) is 4.77. The van der Waals surface area contributed by atoms with Crippen molar-refractivity contribution >= 4 is 0 Å². The molecule has 0 heterocycles. The largest absolute Gasteiger partial charge is 0.301 e. The molecule has 0 aromatic heterocycles. The van der Waals surface area contributed by atoms with Gasteiger partial charge in [0, 0.05) is 7.05 Å². The molecule has 2 heteroatoms. The summed E-state index contributed by atoms with van der Waals surface area (Å²) >= 11 is 0. The van der Waals surface area contributed by atoms with Gasteiger partial charge in [0.25, 0.3) is 0 Å². The van der Waals surface area contributed by atoms with Crippen LogP contribution in [0.25, 0.3) is 0 Å². The molecule has 1 radical (unpaired) electrons. The van der Waals surface area contributed by atoms with Crippen LogP contribution >= 0.6 is 0 Å². The molecule has 55 valence electrons. The van der Waals surface area contributed by atoms with Crippen molar-refractivity contribution in [3.63, 3.8) is 0 Å². The number of nitrogens with zero attached hydrogens (tertiary/aromatic N) is 1. The van der Waals surface area contributed by atoms with E-state index in [9.17, 15) is 0 Å². The molecule has 1 N–H and O–H groups in total. The van der Waals surface area contributed by atoms with E-state index < -0.39 is 0 Å². The van der Waals surface area contributed by atoms with Gasteiger partial charge in [0.2, 0.25) is 0 Å². The van der Waals surface area contributed by atoms with Gasteiger partial charge < -0.3 is 5.32 Å². The lowest BCUT2D eigenvalue weighted by Crippen LogP contribution is -2.40. The van der Waals surface area contributed by atoms with Gasteiger partial charge in [0.05, 0.1) is 6.17 Å². The maximum atomic E-state index is 3.61. The van der Waals surface area contributed by atoms with Gasteiger partial charge in [-0.1, -0.05) is 13.8 Å². The maximum absolute atomic E-state index is 3.61. The third-order valence-corrected chi connectivity index (χ3v) is 1.66. The van der Waals surface area contributed by atoms with Crippen LogP contribution in [0.4, 0.5) is 0 Å². The SMILES string of the molecule is [CH2]NC(C)N(CC)CC. The first-order chi connectivity index (χ1) is 4.26. The topological polar surface area (TPSA) is 15.3 Å². The molecular formula is C7H17N2. The van der Waals surface area contributed by atoms with Crippen LogP contribution < -0.4 is 5.32 Å². The summed E-state index contributed by atoms with van der Waals surface area (Å²) in [6.45, 7) is 8.58. The van der Waals surface area contributed by atoms with Crippen LogP contribution in [0.15, 0.2) is 0 Å². The highest BCUT2D eigenvalue weighted by molar-refractivity contribution is 4.59. The molecule has 0 spiro atoms. The Morgan fingerprint density at radius 3 is 2.00 bits per heavy atom. The molecular weight excluding hydrogens is 112 g/mol. The molecule has 0 aliphatic rings. The molecule has 0 rings (SSSR count).